The Morgan fingerprint density at radius 3 is 2.42 bits per heavy atom. The van der Waals surface area contributed by atoms with Crippen molar-refractivity contribution in [1.29, 1.82) is 5.26 Å². The molecule has 0 saturated heterocycles. The summed E-state index contributed by atoms with van der Waals surface area (Å²) >= 11 is 0. The highest BCUT2D eigenvalue weighted by Crippen LogP contribution is 2.20. The Kier molecular flexibility index (Phi) is 5.53. The average molecular weight is 324 g/mol. The van der Waals surface area contributed by atoms with Gasteiger partial charge in [-0.3, -0.25) is 4.79 Å². The minimum Gasteiger partial charge on any atom is -0.496 e. The first-order valence-corrected chi connectivity index (χ1v) is 7.12. The molecular weight excluding hydrogens is 308 g/mol. The summed E-state index contributed by atoms with van der Waals surface area (Å²) in [6, 6.07) is 13.3. The normalized spacial score (nSPS) is 9.71. The molecule has 0 radical (unpaired) electrons. The fraction of sp³-hybridized carbons (Fsp3) is 0.167. The van der Waals surface area contributed by atoms with Crippen molar-refractivity contribution in [3.05, 3.63) is 64.7 Å². The highest BCUT2D eigenvalue weighted by Gasteiger charge is 2.14. The van der Waals surface area contributed by atoms with Crippen LogP contribution in [0.3, 0.4) is 0 Å². The van der Waals surface area contributed by atoms with Gasteiger partial charge in [0.2, 0.25) is 0 Å². The van der Waals surface area contributed by atoms with Crippen LogP contribution in [0.1, 0.15) is 31.8 Å². The molecule has 0 atom stereocenters. The predicted molar refractivity (Wildman–Crippen MR) is 86.7 cm³/mol. The van der Waals surface area contributed by atoms with E-state index in [0.717, 1.165) is 5.56 Å². The number of ether oxygens (including phenoxy) is 2. The van der Waals surface area contributed by atoms with Crippen LogP contribution in [0.5, 0.6) is 5.75 Å². The zero-order chi connectivity index (χ0) is 17.5. The quantitative estimate of drug-likeness (QED) is 0.852. The van der Waals surface area contributed by atoms with Crippen LogP contribution in [0.15, 0.2) is 42.5 Å². The van der Waals surface area contributed by atoms with E-state index < -0.39 is 5.97 Å². The van der Waals surface area contributed by atoms with Gasteiger partial charge >= 0.3 is 5.97 Å². The molecule has 0 aliphatic rings. The van der Waals surface area contributed by atoms with Crippen molar-refractivity contribution in [2.45, 2.75) is 6.54 Å². The zero-order valence-corrected chi connectivity index (χ0v) is 13.3. The third kappa shape index (κ3) is 3.90. The van der Waals surface area contributed by atoms with Crippen molar-refractivity contribution in [2.24, 2.45) is 0 Å². The first-order valence-electron chi connectivity index (χ1n) is 7.12. The summed E-state index contributed by atoms with van der Waals surface area (Å²) in [6.07, 6.45) is 0. The molecule has 1 N–H and O–H groups in total. The molecule has 0 fully saturated rings. The minimum atomic E-state index is -0.507. The molecular formula is C18H16N2O4. The summed E-state index contributed by atoms with van der Waals surface area (Å²) < 4.78 is 9.84. The van der Waals surface area contributed by atoms with E-state index in [-0.39, 0.29) is 12.5 Å². The monoisotopic (exact) mass is 324 g/mol. The van der Waals surface area contributed by atoms with Crippen LogP contribution < -0.4 is 10.1 Å². The molecule has 0 unspecified atom stereocenters. The van der Waals surface area contributed by atoms with Crippen LogP contribution in [0.25, 0.3) is 0 Å². The van der Waals surface area contributed by atoms with E-state index in [9.17, 15) is 9.59 Å². The number of nitrogens with zero attached hydrogens (tertiary/aromatic N) is 1. The lowest BCUT2D eigenvalue weighted by Gasteiger charge is -2.10. The van der Waals surface area contributed by atoms with E-state index in [1.165, 1.54) is 14.2 Å². The number of nitriles is 1. The number of nitrogens with one attached hydrogen (secondary N) is 1. The third-order valence-electron chi connectivity index (χ3n) is 3.40. The van der Waals surface area contributed by atoms with Gasteiger partial charge in [-0.1, -0.05) is 6.07 Å². The average Bonchev–Trinajstić information content (AvgIpc) is 2.65. The van der Waals surface area contributed by atoms with Crippen LogP contribution in [0.4, 0.5) is 0 Å². The van der Waals surface area contributed by atoms with Gasteiger partial charge in [-0.15, -0.1) is 0 Å². The van der Waals surface area contributed by atoms with Crippen LogP contribution in [-0.4, -0.2) is 26.1 Å². The Balaban J connectivity index is 2.09. The van der Waals surface area contributed by atoms with Gasteiger partial charge in [0.05, 0.1) is 25.9 Å². The number of hydrogen-bond acceptors (Lipinski definition) is 5. The number of amides is 1. The van der Waals surface area contributed by atoms with E-state index in [2.05, 4.69) is 5.32 Å². The van der Waals surface area contributed by atoms with Gasteiger partial charge in [0.25, 0.3) is 5.91 Å². The number of carbonyl (C=O) groups is 2. The summed E-state index contributed by atoms with van der Waals surface area (Å²) in [6.45, 7) is 0.243. The molecule has 2 aromatic carbocycles. The second-order valence-corrected chi connectivity index (χ2v) is 4.90. The first kappa shape index (κ1) is 17.0. The molecule has 0 bridgehead atoms. The van der Waals surface area contributed by atoms with Crippen molar-refractivity contribution < 1.29 is 19.1 Å². The lowest BCUT2D eigenvalue weighted by atomic mass is 10.1. The second kappa shape index (κ2) is 7.79. The summed E-state index contributed by atoms with van der Waals surface area (Å²) in [5.41, 5.74) is 1.98. The van der Waals surface area contributed by atoms with Gasteiger partial charge in [0.15, 0.2) is 0 Å². The largest absolute Gasteiger partial charge is 0.496 e. The summed E-state index contributed by atoms with van der Waals surface area (Å²) in [5, 5.41) is 11.5. The van der Waals surface area contributed by atoms with E-state index >= 15 is 0 Å². The maximum Gasteiger partial charge on any atom is 0.341 e. The molecule has 6 heteroatoms. The Morgan fingerprint density at radius 2 is 1.83 bits per heavy atom. The molecule has 0 aliphatic heterocycles. The maximum atomic E-state index is 12.1. The summed E-state index contributed by atoms with van der Waals surface area (Å²) in [5.74, 6) is -0.369. The number of esters is 1. The second-order valence-electron chi connectivity index (χ2n) is 4.90. The molecule has 0 spiro atoms. The number of hydrogen-bond donors (Lipinski definition) is 1. The van der Waals surface area contributed by atoms with Crippen molar-refractivity contribution in [2.75, 3.05) is 14.2 Å². The zero-order valence-electron chi connectivity index (χ0n) is 13.3. The van der Waals surface area contributed by atoms with Gasteiger partial charge in [0, 0.05) is 12.1 Å². The Hall–Kier alpha value is -3.33. The fourth-order valence-electron chi connectivity index (χ4n) is 2.12. The standard InChI is InChI=1S/C18H16N2O4/c1-23-16-8-5-13(9-15(16)18(22)24-2)11-20-17(21)14-6-3-12(10-19)4-7-14/h3-9H,11H2,1-2H3,(H,20,21). The maximum absolute atomic E-state index is 12.1. The van der Waals surface area contributed by atoms with Crippen molar-refractivity contribution >= 4 is 11.9 Å². The Morgan fingerprint density at radius 1 is 1.12 bits per heavy atom. The van der Waals surface area contributed by atoms with Crippen molar-refractivity contribution in [3.63, 3.8) is 0 Å². The summed E-state index contributed by atoms with van der Waals surface area (Å²) in [7, 11) is 2.76. The molecule has 0 aromatic heterocycles. The van der Waals surface area contributed by atoms with Crippen LogP contribution in [0, 0.1) is 11.3 Å². The van der Waals surface area contributed by atoms with E-state index in [1.807, 2.05) is 6.07 Å². The van der Waals surface area contributed by atoms with E-state index in [0.29, 0.717) is 22.4 Å². The Labute approximate surface area is 139 Å². The molecule has 24 heavy (non-hydrogen) atoms. The van der Waals surface area contributed by atoms with Gasteiger partial charge in [-0.2, -0.15) is 5.26 Å². The molecule has 2 rings (SSSR count). The lowest BCUT2D eigenvalue weighted by molar-refractivity contribution is 0.0597. The third-order valence-corrected chi connectivity index (χ3v) is 3.40. The first-order chi connectivity index (χ1) is 11.6. The van der Waals surface area contributed by atoms with Crippen LogP contribution >= 0.6 is 0 Å². The van der Waals surface area contributed by atoms with Crippen LogP contribution in [0.2, 0.25) is 0 Å². The Bertz CT molecular complexity index is 792. The molecule has 122 valence electrons. The highest BCUT2D eigenvalue weighted by molar-refractivity contribution is 5.94. The summed E-state index contributed by atoms with van der Waals surface area (Å²) in [4.78, 5) is 23.9. The molecule has 6 nitrogen and oxygen atoms in total. The van der Waals surface area contributed by atoms with Gasteiger partial charge in [-0.25, -0.2) is 4.79 Å². The highest BCUT2D eigenvalue weighted by atomic mass is 16.5. The van der Waals surface area contributed by atoms with Gasteiger partial charge in [-0.05, 0) is 42.0 Å². The van der Waals surface area contributed by atoms with E-state index in [1.54, 1.807) is 42.5 Å². The smallest absolute Gasteiger partial charge is 0.341 e. The van der Waals surface area contributed by atoms with Gasteiger partial charge < -0.3 is 14.8 Å². The molecule has 0 heterocycles. The topological polar surface area (TPSA) is 88.4 Å². The number of methoxy groups -OCH3 is 2. The SMILES string of the molecule is COC(=O)c1cc(CNC(=O)c2ccc(C#N)cc2)ccc1OC. The molecule has 2 aromatic rings. The lowest BCUT2D eigenvalue weighted by Crippen LogP contribution is -2.23. The number of rotatable bonds is 5. The molecule has 0 aliphatic carbocycles. The van der Waals surface area contributed by atoms with Gasteiger partial charge in [0.1, 0.15) is 11.3 Å². The number of benzene rings is 2. The fourth-order valence-corrected chi connectivity index (χ4v) is 2.12. The van der Waals surface area contributed by atoms with Crippen LogP contribution in [-0.2, 0) is 11.3 Å². The predicted octanol–water partition coefficient (Wildman–Crippen LogP) is 2.28. The van der Waals surface area contributed by atoms with E-state index in [4.69, 9.17) is 14.7 Å². The minimum absolute atomic E-state index is 0.243. The van der Waals surface area contributed by atoms with Crippen molar-refractivity contribution in [3.8, 4) is 11.8 Å². The van der Waals surface area contributed by atoms with Crippen molar-refractivity contribution in [1.82, 2.24) is 5.32 Å². The molecule has 1 amide bonds. The molecule has 0 saturated carbocycles. The number of carbonyl (C=O) groups excluding carboxylic acids is 2.